The van der Waals surface area contributed by atoms with E-state index in [0.29, 0.717) is 5.15 Å². The predicted molar refractivity (Wildman–Crippen MR) is 49.6 cm³/mol. The first-order valence-corrected chi connectivity index (χ1v) is 4.53. The summed E-state index contributed by atoms with van der Waals surface area (Å²) in [5.74, 6) is 0. The van der Waals surface area contributed by atoms with Gasteiger partial charge in [-0.2, -0.15) is 0 Å². The number of halogens is 2. The van der Waals surface area contributed by atoms with Crippen LogP contribution in [0.4, 0.5) is 0 Å². The minimum atomic E-state index is 0.510. The number of thiophene rings is 1. The molecule has 56 valence electrons. The average Bonchev–Trinajstić information content (AvgIpc) is 2.27. The van der Waals surface area contributed by atoms with Crippen LogP contribution in [0.25, 0.3) is 10.1 Å². The molecule has 0 N–H and O–H groups in total. The Morgan fingerprint density at radius 3 is 2.91 bits per heavy atom. The van der Waals surface area contributed by atoms with Gasteiger partial charge in [-0.25, -0.2) is 4.98 Å². The average molecular weight is 204 g/mol. The molecule has 0 aliphatic rings. The first-order valence-electron chi connectivity index (χ1n) is 2.96. The van der Waals surface area contributed by atoms with Crippen LogP contribution in [0.3, 0.4) is 0 Å². The second kappa shape index (κ2) is 2.63. The second-order valence-corrected chi connectivity index (χ2v) is 4.20. The highest BCUT2D eigenvalue weighted by atomic mass is 35.5. The Kier molecular flexibility index (Phi) is 1.75. The molecule has 2 aromatic rings. The molecule has 0 aromatic carbocycles. The molecule has 1 nitrogen and oxygen atoms in total. The third-order valence-corrected chi connectivity index (χ3v) is 2.77. The molecular weight excluding hydrogens is 201 g/mol. The molecule has 0 aliphatic heterocycles. The Labute approximate surface area is 77.6 Å². The van der Waals surface area contributed by atoms with Gasteiger partial charge in [0, 0.05) is 16.3 Å². The van der Waals surface area contributed by atoms with E-state index < -0.39 is 0 Å². The highest BCUT2D eigenvalue weighted by Crippen LogP contribution is 2.29. The Morgan fingerprint density at radius 1 is 1.27 bits per heavy atom. The molecule has 2 aromatic heterocycles. The van der Waals surface area contributed by atoms with Gasteiger partial charge in [-0.05, 0) is 12.1 Å². The van der Waals surface area contributed by atoms with E-state index in [0.717, 1.165) is 14.4 Å². The van der Waals surface area contributed by atoms with E-state index >= 15 is 0 Å². The minimum Gasteiger partial charge on any atom is -0.244 e. The summed E-state index contributed by atoms with van der Waals surface area (Å²) in [5.41, 5.74) is 0. The molecule has 0 atom stereocenters. The molecule has 0 spiro atoms. The van der Waals surface area contributed by atoms with Crippen LogP contribution < -0.4 is 0 Å². The lowest BCUT2D eigenvalue weighted by molar-refractivity contribution is 1.37. The van der Waals surface area contributed by atoms with E-state index in [4.69, 9.17) is 23.2 Å². The first-order chi connectivity index (χ1) is 5.25. The fourth-order valence-corrected chi connectivity index (χ4v) is 2.26. The number of hydrogen-bond acceptors (Lipinski definition) is 2. The number of aromatic nitrogens is 1. The van der Waals surface area contributed by atoms with Crippen LogP contribution in [0, 0.1) is 0 Å². The number of fused-ring (bicyclic) bond motifs is 1. The highest BCUT2D eigenvalue weighted by molar-refractivity contribution is 7.22. The van der Waals surface area contributed by atoms with E-state index in [1.807, 2.05) is 12.1 Å². The van der Waals surface area contributed by atoms with Gasteiger partial charge in [-0.1, -0.05) is 23.2 Å². The number of hydrogen-bond donors (Lipinski definition) is 0. The molecular formula is C7H3Cl2NS. The zero-order valence-corrected chi connectivity index (χ0v) is 7.67. The van der Waals surface area contributed by atoms with Crippen molar-refractivity contribution in [3.8, 4) is 0 Å². The monoisotopic (exact) mass is 203 g/mol. The van der Waals surface area contributed by atoms with Gasteiger partial charge in [0.05, 0.1) is 4.34 Å². The molecule has 2 heterocycles. The predicted octanol–water partition coefficient (Wildman–Crippen LogP) is 3.60. The Balaban J connectivity index is 2.82. The number of rotatable bonds is 0. The maximum Gasteiger partial charge on any atom is 0.130 e. The van der Waals surface area contributed by atoms with Gasteiger partial charge in [0.25, 0.3) is 0 Å². The summed E-state index contributed by atoms with van der Waals surface area (Å²) >= 11 is 13.0. The third-order valence-electron chi connectivity index (χ3n) is 1.34. The molecule has 0 bridgehead atoms. The van der Waals surface area contributed by atoms with Crippen molar-refractivity contribution in [1.29, 1.82) is 0 Å². The van der Waals surface area contributed by atoms with Crippen molar-refractivity contribution in [1.82, 2.24) is 4.98 Å². The standard InChI is InChI=1S/C7H3Cl2NS/c8-6-2-5-4(3-10-6)1-7(9)11-5/h1-3H. The number of nitrogens with zero attached hydrogens (tertiary/aromatic N) is 1. The summed E-state index contributed by atoms with van der Waals surface area (Å²) in [6, 6.07) is 3.69. The second-order valence-electron chi connectivity index (χ2n) is 2.10. The molecule has 0 aliphatic carbocycles. The summed E-state index contributed by atoms with van der Waals surface area (Å²) < 4.78 is 1.85. The van der Waals surface area contributed by atoms with E-state index in [1.165, 1.54) is 11.3 Å². The summed E-state index contributed by atoms with van der Waals surface area (Å²) in [5, 5.41) is 1.56. The molecule has 0 saturated carbocycles. The van der Waals surface area contributed by atoms with Gasteiger partial charge >= 0.3 is 0 Å². The van der Waals surface area contributed by atoms with Crippen LogP contribution in [0.2, 0.25) is 9.49 Å². The van der Waals surface area contributed by atoms with Crippen LogP contribution in [0.15, 0.2) is 18.3 Å². The molecule has 4 heteroatoms. The zero-order chi connectivity index (χ0) is 7.84. The van der Waals surface area contributed by atoms with Gasteiger partial charge < -0.3 is 0 Å². The van der Waals surface area contributed by atoms with Crippen LogP contribution in [-0.2, 0) is 0 Å². The van der Waals surface area contributed by atoms with Crippen LogP contribution in [-0.4, -0.2) is 4.98 Å². The van der Waals surface area contributed by atoms with E-state index in [1.54, 1.807) is 6.20 Å². The van der Waals surface area contributed by atoms with Crippen molar-refractivity contribution >= 4 is 44.6 Å². The molecule has 11 heavy (non-hydrogen) atoms. The molecule has 2 rings (SSSR count). The summed E-state index contributed by atoms with van der Waals surface area (Å²) in [4.78, 5) is 3.93. The van der Waals surface area contributed by atoms with Gasteiger partial charge in [0.15, 0.2) is 0 Å². The lowest BCUT2D eigenvalue weighted by atomic mass is 10.3. The molecule has 0 amide bonds. The first kappa shape index (κ1) is 7.35. The SMILES string of the molecule is Clc1cc2sc(Cl)cc2cn1. The fourth-order valence-electron chi connectivity index (χ4n) is 0.877. The molecule has 0 unspecified atom stereocenters. The Bertz CT molecular complexity index is 396. The largest absolute Gasteiger partial charge is 0.244 e. The van der Waals surface area contributed by atoms with E-state index in [-0.39, 0.29) is 0 Å². The van der Waals surface area contributed by atoms with Gasteiger partial charge in [-0.3, -0.25) is 0 Å². The normalized spacial score (nSPS) is 10.7. The van der Waals surface area contributed by atoms with E-state index in [2.05, 4.69) is 4.98 Å². The van der Waals surface area contributed by atoms with Crippen molar-refractivity contribution in [2.24, 2.45) is 0 Å². The van der Waals surface area contributed by atoms with Crippen LogP contribution >= 0.6 is 34.5 Å². The molecule has 0 saturated heterocycles. The smallest absolute Gasteiger partial charge is 0.130 e. The molecule has 0 fully saturated rings. The van der Waals surface area contributed by atoms with Gasteiger partial charge in [0.1, 0.15) is 5.15 Å². The third kappa shape index (κ3) is 1.34. The Hall–Kier alpha value is -0.310. The van der Waals surface area contributed by atoms with Crippen molar-refractivity contribution in [3.05, 3.63) is 27.8 Å². The number of pyridine rings is 1. The minimum absolute atomic E-state index is 0.510. The maximum absolute atomic E-state index is 5.78. The quantitative estimate of drug-likeness (QED) is 0.597. The van der Waals surface area contributed by atoms with Crippen molar-refractivity contribution < 1.29 is 0 Å². The van der Waals surface area contributed by atoms with Gasteiger partial charge in [-0.15, -0.1) is 11.3 Å². The summed E-state index contributed by atoms with van der Waals surface area (Å²) in [7, 11) is 0. The Morgan fingerprint density at radius 2 is 2.09 bits per heavy atom. The zero-order valence-electron chi connectivity index (χ0n) is 5.34. The van der Waals surface area contributed by atoms with Crippen LogP contribution in [0.1, 0.15) is 0 Å². The van der Waals surface area contributed by atoms with E-state index in [9.17, 15) is 0 Å². The maximum atomic E-state index is 5.78. The van der Waals surface area contributed by atoms with Crippen molar-refractivity contribution in [3.63, 3.8) is 0 Å². The van der Waals surface area contributed by atoms with Crippen molar-refractivity contribution in [2.75, 3.05) is 0 Å². The summed E-state index contributed by atoms with van der Waals surface area (Å²) in [6.07, 6.45) is 1.72. The topological polar surface area (TPSA) is 12.9 Å². The fraction of sp³-hybridized carbons (Fsp3) is 0. The lowest BCUT2D eigenvalue weighted by Crippen LogP contribution is -1.69. The lowest BCUT2D eigenvalue weighted by Gasteiger charge is -1.87. The highest BCUT2D eigenvalue weighted by Gasteiger charge is 1.99. The van der Waals surface area contributed by atoms with Gasteiger partial charge in [0.2, 0.25) is 0 Å². The van der Waals surface area contributed by atoms with Crippen LogP contribution in [0.5, 0.6) is 0 Å². The summed E-state index contributed by atoms with van der Waals surface area (Å²) in [6.45, 7) is 0. The van der Waals surface area contributed by atoms with Crippen molar-refractivity contribution in [2.45, 2.75) is 0 Å². The molecule has 0 radical (unpaired) electrons.